The Labute approximate surface area is 389 Å². The van der Waals surface area contributed by atoms with Crippen molar-refractivity contribution in [2.45, 2.75) is 52.7 Å². The Morgan fingerprint density at radius 1 is 0.463 bits per heavy atom. The number of aliphatic hydroxyl groups is 1. The maximum Gasteiger partial charge on any atom is 0.330 e. The second-order valence-corrected chi connectivity index (χ2v) is 18.3. The van der Waals surface area contributed by atoms with Gasteiger partial charge in [0.2, 0.25) is 11.4 Å². The zero-order valence-electron chi connectivity index (χ0n) is 38.1. The summed E-state index contributed by atoms with van der Waals surface area (Å²) >= 11 is 0. The number of hydrogen-bond donors (Lipinski definition) is 1. The van der Waals surface area contributed by atoms with Gasteiger partial charge in [-0.25, -0.2) is 9.97 Å². The van der Waals surface area contributed by atoms with Gasteiger partial charge < -0.3 is 18.6 Å². The molecular weight excluding hydrogens is 827 g/mol. The van der Waals surface area contributed by atoms with E-state index in [0.29, 0.717) is 11.4 Å². The molecule has 0 atom stereocenters. The van der Waals surface area contributed by atoms with Crippen molar-refractivity contribution in [1.29, 1.82) is 0 Å². The number of nitrogens with zero attached hydrogens (tertiary/aromatic N) is 4. The fraction of sp³-hybridized carbons (Fsp3) is 0.138. The maximum atomic E-state index is 11.0. The summed E-state index contributed by atoms with van der Waals surface area (Å²) in [6, 6.07) is 52.1. The smallest absolute Gasteiger partial charge is 0.330 e. The van der Waals surface area contributed by atoms with Gasteiger partial charge in [0.25, 0.3) is 0 Å². The van der Waals surface area contributed by atoms with E-state index in [1.807, 2.05) is 76.5 Å². The van der Waals surface area contributed by atoms with Crippen molar-refractivity contribution in [3.63, 3.8) is 0 Å². The molecule has 0 unspecified atom stereocenters. The first-order valence-electron chi connectivity index (χ1n) is 22.5. The van der Waals surface area contributed by atoms with Crippen molar-refractivity contribution < 1.29 is 18.6 Å². The molecule has 0 fully saturated rings. The van der Waals surface area contributed by atoms with Gasteiger partial charge in [0.05, 0.1) is 22.6 Å². The molecule has 11 rings (SSSR count). The Kier molecular flexibility index (Phi) is 10.2. The lowest BCUT2D eigenvalue weighted by Crippen LogP contribution is -2.49. The van der Waals surface area contributed by atoms with Crippen molar-refractivity contribution in [2.75, 3.05) is 0 Å². The molecule has 0 saturated carbocycles. The lowest BCUT2D eigenvalue weighted by atomic mass is 9.79. The molecule has 67 heavy (non-hydrogen) atoms. The van der Waals surface area contributed by atoms with E-state index >= 15 is 0 Å². The second kappa shape index (κ2) is 16.3. The van der Waals surface area contributed by atoms with Gasteiger partial charge in [0.1, 0.15) is 11.2 Å². The maximum absolute atomic E-state index is 11.0. The summed E-state index contributed by atoms with van der Waals surface area (Å²) in [6.45, 7) is 11.2. The van der Waals surface area contributed by atoms with Gasteiger partial charge in [-0.3, -0.25) is 9.97 Å². The molecule has 5 aromatic carbocycles. The molecule has 1 N–H and O–H groups in total. The van der Waals surface area contributed by atoms with Crippen LogP contribution in [0.2, 0.25) is 0 Å². The summed E-state index contributed by atoms with van der Waals surface area (Å²) in [5, 5.41) is 15.0. The number of aromatic nitrogens is 4. The molecule has 0 spiro atoms. The van der Waals surface area contributed by atoms with E-state index in [2.05, 4.69) is 125 Å². The molecule has 0 saturated heterocycles. The van der Waals surface area contributed by atoms with E-state index in [1.54, 1.807) is 21.3 Å². The predicted molar refractivity (Wildman–Crippen MR) is 271 cm³/mol. The van der Waals surface area contributed by atoms with Crippen LogP contribution in [0.1, 0.15) is 39.1 Å². The Morgan fingerprint density at radius 2 is 0.896 bits per heavy atom. The molecule has 6 aromatic heterocycles. The highest BCUT2D eigenvalue weighted by molar-refractivity contribution is 6.47. The van der Waals surface area contributed by atoms with Crippen LogP contribution in [0.15, 0.2) is 173 Å². The van der Waals surface area contributed by atoms with E-state index in [0.717, 1.165) is 117 Å². The minimum Gasteiger partial charge on any atom is -0.437 e. The Balaban J connectivity index is 0.976. The summed E-state index contributed by atoms with van der Waals surface area (Å²) in [6.07, 6.45) is 3.87. The van der Waals surface area contributed by atoms with Crippen LogP contribution in [0.3, 0.4) is 0 Å². The van der Waals surface area contributed by atoms with Crippen LogP contribution in [0.4, 0.5) is 0 Å². The first-order chi connectivity index (χ1) is 32.4. The molecule has 0 aliphatic rings. The van der Waals surface area contributed by atoms with Crippen LogP contribution in [0.25, 0.3) is 111 Å². The molecule has 9 heteroatoms. The molecule has 11 aromatic rings. The van der Waals surface area contributed by atoms with Gasteiger partial charge in [-0.15, -0.1) is 0 Å². The Bertz CT molecular complexity index is 3450. The summed E-state index contributed by atoms with van der Waals surface area (Å²) < 4.78 is 19.1. The number of pyridine rings is 4. The standard InChI is InChI=1S/C58H46BN4O4/c1-34-21-25-47-45-17-11-19-49(53(45)65-55(47)62-34)51-27-23-36(32-60-51)41-13-7-9-15-43(41)38-29-39(31-40(30-38)59-67-58(5,6)57(3,4)64)44-16-10-8-14-42(44)37-24-28-52(61-33-37)50-20-12-18-46-48-26-22-35(2)63-56(48)66-54(46)50/h7-33,64H,1-6H3. The van der Waals surface area contributed by atoms with Crippen molar-refractivity contribution >= 4 is 57.1 Å². The third-order valence-corrected chi connectivity index (χ3v) is 13.1. The SMILES string of the molecule is Cc1ccc2c(n1)oc1c(-c3ccc(-c4ccccc4-c4cc([B]OC(C)(C)C(C)(C)O)cc(-c5ccccc5-c5ccc(-c6cccc7c6oc6nc(C)ccc67)nc5)c4)cn3)cccc12. The Morgan fingerprint density at radius 3 is 1.31 bits per heavy atom. The number of furan rings is 2. The van der Waals surface area contributed by atoms with Crippen molar-refractivity contribution in [2.24, 2.45) is 0 Å². The quantitative estimate of drug-likeness (QED) is 0.135. The molecule has 8 nitrogen and oxygen atoms in total. The minimum absolute atomic E-state index is 0.624. The number of rotatable bonds is 10. The highest BCUT2D eigenvalue weighted by Gasteiger charge is 2.36. The first-order valence-corrected chi connectivity index (χ1v) is 22.5. The van der Waals surface area contributed by atoms with Gasteiger partial charge in [-0.2, -0.15) is 0 Å². The molecule has 0 aliphatic heterocycles. The summed E-state index contributed by atoms with van der Waals surface area (Å²) in [7, 11) is 1.76. The lowest BCUT2D eigenvalue weighted by molar-refractivity contribution is -0.0893. The Hall–Kier alpha value is -7.72. The molecule has 6 heterocycles. The van der Waals surface area contributed by atoms with E-state index < -0.39 is 11.2 Å². The van der Waals surface area contributed by atoms with Crippen molar-refractivity contribution in [3.05, 3.63) is 175 Å². The average molecular weight is 874 g/mol. The number of hydrogen-bond acceptors (Lipinski definition) is 8. The first kappa shape index (κ1) is 42.0. The van der Waals surface area contributed by atoms with Gasteiger partial charge in [0, 0.05) is 67.6 Å². The van der Waals surface area contributed by atoms with Gasteiger partial charge in [-0.1, -0.05) is 103 Å². The lowest BCUT2D eigenvalue weighted by Gasteiger charge is -2.37. The minimum atomic E-state index is -1.10. The fourth-order valence-electron chi connectivity index (χ4n) is 8.73. The fourth-order valence-corrected chi connectivity index (χ4v) is 8.73. The molecule has 0 amide bonds. The van der Waals surface area contributed by atoms with E-state index in [9.17, 15) is 5.11 Å². The van der Waals surface area contributed by atoms with E-state index in [4.69, 9.17) is 23.5 Å². The second-order valence-electron chi connectivity index (χ2n) is 18.3. The third-order valence-electron chi connectivity index (χ3n) is 13.1. The van der Waals surface area contributed by atoms with Crippen LogP contribution in [-0.4, -0.2) is 43.7 Å². The van der Waals surface area contributed by atoms with Crippen LogP contribution in [-0.2, 0) is 4.65 Å². The van der Waals surface area contributed by atoms with E-state index in [-0.39, 0.29) is 0 Å². The van der Waals surface area contributed by atoms with Crippen molar-refractivity contribution in [3.8, 4) is 67.0 Å². The van der Waals surface area contributed by atoms with Crippen LogP contribution >= 0.6 is 0 Å². The summed E-state index contributed by atoms with van der Waals surface area (Å²) in [5.74, 6) is 0. The number of benzene rings is 5. The zero-order valence-corrected chi connectivity index (χ0v) is 38.1. The van der Waals surface area contributed by atoms with Crippen LogP contribution in [0, 0.1) is 13.8 Å². The molecule has 325 valence electrons. The molecule has 1 radical (unpaired) electrons. The van der Waals surface area contributed by atoms with Gasteiger partial charge in [0.15, 0.2) is 0 Å². The molecule has 0 bridgehead atoms. The van der Waals surface area contributed by atoms with Crippen LogP contribution < -0.4 is 5.46 Å². The van der Waals surface area contributed by atoms with Crippen LogP contribution in [0.5, 0.6) is 0 Å². The third kappa shape index (κ3) is 7.66. The van der Waals surface area contributed by atoms with Crippen molar-refractivity contribution in [1.82, 2.24) is 19.9 Å². The topological polar surface area (TPSA) is 107 Å². The highest BCUT2D eigenvalue weighted by atomic mass is 16.5. The average Bonchev–Trinajstić information content (AvgIpc) is 3.90. The highest BCUT2D eigenvalue weighted by Crippen LogP contribution is 2.40. The zero-order chi connectivity index (χ0) is 46.0. The van der Waals surface area contributed by atoms with E-state index in [1.165, 1.54) is 0 Å². The molecular formula is C58H46BN4O4. The number of aryl methyl sites for hydroxylation is 2. The van der Waals surface area contributed by atoms with Gasteiger partial charge in [-0.05, 0) is 130 Å². The largest absolute Gasteiger partial charge is 0.437 e. The van der Waals surface area contributed by atoms with Gasteiger partial charge >= 0.3 is 7.48 Å². The normalized spacial score (nSPS) is 12.2. The monoisotopic (exact) mass is 873 g/mol. The number of para-hydroxylation sites is 2. The summed E-state index contributed by atoms with van der Waals surface area (Å²) in [5.41, 5.74) is 15.0. The molecule has 0 aliphatic carbocycles. The predicted octanol–water partition coefficient (Wildman–Crippen LogP) is 13.5. The number of fused-ring (bicyclic) bond motifs is 6. The summed E-state index contributed by atoms with van der Waals surface area (Å²) in [4.78, 5) is 19.3.